The topological polar surface area (TPSA) is 85.5 Å². The number of para-hydroxylation sites is 2. The Morgan fingerprint density at radius 1 is 1.24 bits per heavy atom. The van der Waals surface area contributed by atoms with E-state index >= 15 is 0 Å². The number of hydrogen-bond acceptors (Lipinski definition) is 4. The number of carbonyl (C=O) groups is 2. The molecule has 2 heterocycles. The predicted molar refractivity (Wildman–Crippen MR) is 76.0 cm³/mol. The maximum atomic E-state index is 12.6. The average Bonchev–Trinajstić information content (AvgIpc) is 2.54. The number of carbonyl (C=O) groups excluding carboxylic acids is 2. The number of aromatic nitrogens is 1. The number of amides is 2. The predicted octanol–water partition coefficient (Wildman–Crippen LogP) is 0.975. The molecule has 1 aromatic carbocycles. The van der Waals surface area contributed by atoms with Crippen LogP contribution in [0.1, 0.15) is 10.4 Å². The third kappa shape index (κ3) is 2.43. The molecule has 0 spiro atoms. The fourth-order valence-corrected chi connectivity index (χ4v) is 2.22. The minimum Gasteiger partial charge on any atom is -0.477 e. The Bertz CT molecular complexity index is 688. The summed E-state index contributed by atoms with van der Waals surface area (Å²) in [5.74, 6) is -0.386. The number of rotatable bonds is 2. The van der Waals surface area contributed by atoms with Crippen LogP contribution in [0.5, 0.6) is 5.75 Å². The molecule has 0 saturated carbocycles. The Morgan fingerprint density at radius 2 is 2.05 bits per heavy atom. The van der Waals surface area contributed by atoms with Gasteiger partial charge in [0, 0.05) is 12.4 Å². The van der Waals surface area contributed by atoms with Crippen LogP contribution in [0, 0.1) is 0 Å². The molecule has 106 valence electrons. The summed E-state index contributed by atoms with van der Waals surface area (Å²) in [6, 6.07) is 10.4. The van der Waals surface area contributed by atoms with Crippen LogP contribution in [0.4, 0.5) is 5.69 Å². The fourth-order valence-electron chi connectivity index (χ4n) is 2.22. The molecule has 1 aromatic heterocycles. The van der Waals surface area contributed by atoms with Gasteiger partial charge in [-0.15, -0.1) is 0 Å². The van der Waals surface area contributed by atoms with E-state index in [1.807, 2.05) is 0 Å². The lowest BCUT2D eigenvalue weighted by Gasteiger charge is -2.33. The third-order valence-electron chi connectivity index (χ3n) is 3.24. The van der Waals surface area contributed by atoms with E-state index in [4.69, 9.17) is 10.5 Å². The standard InChI is InChI=1S/C15H13N3O3/c16-14(19)13-9-18(11-5-1-2-6-12(11)21-13)15(20)10-4-3-7-17-8-10/h1-8,13H,9H2,(H2,16,19). The van der Waals surface area contributed by atoms with Gasteiger partial charge in [-0.2, -0.15) is 0 Å². The van der Waals surface area contributed by atoms with E-state index in [1.54, 1.807) is 42.6 Å². The van der Waals surface area contributed by atoms with Crippen LogP contribution in [0.3, 0.4) is 0 Å². The molecular formula is C15H13N3O3. The van der Waals surface area contributed by atoms with E-state index in [0.717, 1.165) is 0 Å². The van der Waals surface area contributed by atoms with E-state index in [0.29, 0.717) is 17.0 Å². The second kappa shape index (κ2) is 5.24. The monoisotopic (exact) mass is 283 g/mol. The molecule has 1 aliphatic rings. The van der Waals surface area contributed by atoms with Gasteiger partial charge in [-0.3, -0.25) is 14.6 Å². The van der Waals surface area contributed by atoms with Crippen molar-refractivity contribution in [3.05, 3.63) is 54.4 Å². The van der Waals surface area contributed by atoms with Gasteiger partial charge in [0.2, 0.25) is 0 Å². The number of nitrogens with two attached hydrogens (primary N) is 1. The van der Waals surface area contributed by atoms with Gasteiger partial charge < -0.3 is 15.4 Å². The van der Waals surface area contributed by atoms with Gasteiger partial charge in [-0.25, -0.2) is 0 Å². The fraction of sp³-hybridized carbons (Fsp3) is 0.133. The molecule has 2 N–H and O–H groups in total. The summed E-state index contributed by atoms with van der Waals surface area (Å²) in [4.78, 5) is 29.5. The summed E-state index contributed by atoms with van der Waals surface area (Å²) < 4.78 is 5.53. The van der Waals surface area contributed by atoms with Gasteiger partial charge in [-0.1, -0.05) is 12.1 Å². The van der Waals surface area contributed by atoms with Crippen molar-refractivity contribution in [2.45, 2.75) is 6.10 Å². The second-order valence-electron chi connectivity index (χ2n) is 4.63. The molecule has 3 rings (SSSR count). The molecule has 2 amide bonds. The number of hydrogen-bond donors (Lipinski definition) is 1. The van der Waals surface area contributed by atoms with Crippen molar-refractivity contribution in [1.82, 2.24) is 4.98 Å². The number of pyridine rings is 1. The zero-order valence-corrected chi connectivity index (χ0v) is 11.1. The molecule has 0 radical (unpaired) electrons. The smallest absolute Gasteiger partial charge is 0.260 e. The molecule has 0 aliphatic carbocycles. The molecule has 0 saturated heterocycles. The maximum Gasteiger partial charge on any atom is 0.260 e. The lowest BCUT2D eigenvalue weighted by Crippen LogP contribution is -2.49. The van der Waals surface area contributed by atoms with Crippen LogP contribution in [-0.4, -0.2) is 29.4 Å². The first kappa shape index (κ1) is 13.1. The first-order valence-corrected chi connectivity index (χ1v) is 6.43. The molecule has 21 heavy (non-hydrogen) atoms. The van der Waals surface area contributed by atoms with Crippen LogP contribution >= 0.6 is 0 Å². The second-order valence-corrected chi connectivity index (χ2v) is 4.63. The summed E-state index contributed by atoms with van der Waals surface area (Å²) in [6.07, 6.45) is 2.22. The minimum absolute atomic E-state index is 0.0834. The van der Waals surface area contributed by atoms with Crippen molar-refractivity contribution in [2.75, 3.05) is 11.4 Å². The van der Waals surface area contributed by atoms with E-state index in [-0.39, 0.29) is 12.5 Å². The molecule has 6 heteroatoms. The van der Waals surface area contributed by atoms with Crippen LogP contribution in [-0.2, 0) is 4.79 Å². The maximum absolute atomic E-state index is 12.6. The molecule has 6 nitrogen and oxygen atoms in total. The van der Waals surface area contributed by atoms with Crippen molar-refractivity contribution in [3.63, 3.8) is 0 Å². The van der Waals surface area contributed by atoms with Crippen LogP contribution < -0.4 is 15.4 Å². The highest BCUT2D eigenvalue weighted by Gasteiger charge is 2.32. The van der Waals surface area contributed by atoms with Gasteiger partial charge in [0.1, 0.15) is 5.75 Å². The Kier molecular flexibility index (Phi) is 3.27. The zero-order valence-electron chi connectivity index (χ0n) is 11.1. The van der Waals surface area contributed by atoms with Gasteiger partial charge >= 0.3 is 0 Å². The van der Waals surface area contributed by atoms with E-state index < -0.39 is 12.0 Å². The minimum atomic E-state index is -0.861. The highest BCUT2D eigenvalue weighted by Crippen LogP contribution is 2.33. The lowest BCUT2D eigenvalue weighted by atomic mass is 10.1. The van der Waals surface area contributed by atoms with Gasteiger partial charge in [0.15, 0.2) is 6.10 Å². The van der Waals surface area contributed by atoms with E-state index in [2.05, 4.69) is 4.98 Å². The molecule has 0 bridgehead atoms. The zero-order chi connectivity index (χ0) is 14.8. The summed E-state index contributed by atoms with van der Waals surface area (Å²) in [6.45, 7) is 0.0834. The molecule has 0 fully saturated rings. The molecule has 1 aliphatic heterocycles. The Balaban J connectivity index is 2.00. The van der Waals surface area contributed by atoms with Crippen LogP contribution in [0.15, 0.2) is 48.8 Å². The highest BCUT2D eigenvalue weighted by atomic mass is 16.5. The van der Waals surface area contributed by atoms with Gasteiger partial charge in [-0.05, 0) is 24.3 Å². The number of benzene rings is 1. The highest BCUT2D eigenvalue weighted by molar-refractivity contribution is 6.07. The first-order valence-electron chi connectivity index (χ1n) is 6.43. The lowest BCUT2D eigenvalue weighted by molar-refractivity contribution is -0.124. The van der Waals surface area contributed by atoms with Crippen molar-refractivity contribution in [3.8, 4) is 5.75 Å². The average molecular weight is 283 g/mol. The number of ether oxygens (including phenoxy) is 1. The summed E-state index contributed by atoms with van der Waals surface area (Å²) in [5.41, 5.74) is 6.37. The van der Waals surface area contributed by atoms with Gasteiger partial charge in [0.25, 0.3) is 11.8 Å². The van der Waals surface area contributed by atoms with E-state index in [9.17, 15) is 9.59 Å². The molecular weight excluding hydrogens is 270 g/mol. The number of nitrogens with zero attached hydrogens (tertiary/aromatic N) is 2. The first-order chi connectivity index (χ1) is 10.2. The van der Waals surface area contributed by atoms with Crippen molar-refractivity contribution < 1.29 is 14.3 Å². The van der Waals surface area contributed by atoms with Crippen LogP contribution in [0.2, 0.25) is 0 Å². The number of fused-ring (bicyclic) bond motifs is 1. The van der Waals surface area contributed by atoms with E-state index in [1.165, 1.54) is 11.1 Å². The van der Waals surface area contributed by atoms with Crippen molar-refractivity contribution >= 4 is 17.5 Å². The number of primary amides is 1. The summed E-state index contributed by atoms with van der Waals surface area (Å²) in [5, 5.41) is 0. The third-order valence-corrected chi connectivity index (χ3v) is 3.24. The Morgan fingerprint density at radius 3 is 2.76 bits per heavy atom. The van der Waals surface area contributed by atoms with Crippen molar-refractivity contribution in [1.29, 1.82) is 0 Å². The summed E-state index contributed by atoms with van der Waals surface area (Å²) in [7, 11) is 0. The largest absolute Gasteiger partial charge is 0.477 e. The molecule has 2 aromatic rings. The SMILES string of the molecule is NC(=O)C1CN(C(=O)c2cccnc2)c2ccccc2O1. The molecule has 1 unspecified atom stereocenters. The summed E-state index contributed by atoms with van der Waals surface area (Å²) >= 11 is 0. The Labute approximate surface area is 121 Å². The quantitative estimate of drug-likeness (QED) is 0.890. The van der Waals surface area contributed by atoms with Crippen molar-refractivity contribution in [2.24, 2.45) is 5.73 Å². The van der Waals surface area contributed by atoms with Gasteiger partial charge in [0.05, 0.1) is 17.8 Å². The normalized spacial score (nSPS) is 16.8. The number of anilines is 1. The van der Waals surface area contributed by atoms with Crippen LogP contribution in [0.25, 0.3) is 0 Å². The Hall–Kier alpha value is -2.89. The molecule has 1 atom stereocenters.